The van der Waals surface area contributed by atoms with E-state index in [0.717, 1.165) is 21.4 Å². The molecule has 1 aromatic rings. The van der Waals surface area contributed by atoms with E-state index >= 15 is 0 Å². The molecule has 0 aromatic carbocycles. The number of nitrogens with zero attached hydrogens (tertiary/aromatic N) is 2. The molecule has 0 atom stereocenters. The van der Waals surface area contributed by atoms with Crippen LogP contribution in [0.3, 0.4) is 0 Å². The Balaban J connectivity index is 1.30. The molecule has 0 spiro atoms. The second kappa shape index (κ2) is 8.82. The Labute approximate surface area is 207 Å². The first-order valence-electron chi connectivity index (χ1n) is 7.89. The average molecular weight is 553 g/mol. The summed E-state index contributed by atoms with van der Waals surface area (Å²) in [5.41, 5.74) is 2.06. The van der Waals surface area contributed by atoms with Gasteiger partial charge in [0.1, 0.15) is 10.1 Å². The normalized spacial score (nSPS) is 21.6. The monoisotopic (exact) mass is 552 g/mol. The van der Waals surface area contributed by atoms with E-state index in [4.69, 9.17) is 9.97 Å². The number of aryl methyl sites for hydroxylation is 2. The van der Waals surface area contributed by atoms with Gasteiger partial charge in [-0.05, 0) is 26.4 Å². The summed E-state index contributed by atoms with van der Waals surface area (Å²) in [4.78, 5) is 9.45. The van der Waals surface area contributed by atoms with Crippen LogP contribution in [0.15, 0.2) is 43.9 Å². The Kier molecular flexibility index (Phi) is 6.74. The van der Waals surface area contributed by atoms with Crippen LogP contribution in [0.2, 0.25) is 0 Å². The van der Waals surface area contributed by atoms with Crippen LogP contribution in [0.4, 0.5) is 0 Å². The maximum Gasteiger partial charge on any atom is 0.134 e. The van der Waals surface area contributed by atoms with Crippen molar-refractivity contribution < 1.29 is 0 Å². The molecule has 0 unspecified atom stereocenters. The Bertz CT molecular complexity index is 949. The van der Waals surface area contributed by atoms with Crippen LogP contribution in [0, 0.1) is 13.8 Å². The number of aromatic nitrogens is 2. The number of rotatable bonds is 2. The summed E-state index contributed by atoms with van der Waals surface area (Å²) in [6.07, 6.45) is 4.34. The lowest BCUT2D eigenvalue weighted by Crippen LogP contribution is -1.93. The first-order valence-corrected chi connectivity index (χ1v) is 16.9. The molecule has 28 heavy (non-hydrogen) atoms. The van der Waals surface area contributed by atoms with E-state index in [1.165, 1.54) is 33.9 Å². The molecule has 146 valence electrons. The number of hydrogen-bond acceptors (Lipinski definition) is 12. The molecular formula is C16H12N2S10. The molecule has 1 aromatic heterocycles. The second-order valence-electron chi connectivity index (χ2n) is 5.53. The van der Waals surface area contributed by atoms with Gasteiger partial charge < -0.3 is 0 Å². The van der Waals surface area contributed by atoms with Crippen molar-refractivity contribution in [2.24, 2.45) is 0 Å². The molecule has 12 heteroatoms. The minimum Gasteiger partial charge on any atom is -0.242 e. The number of thioether (sulfide) groups is 10. The Morgan fingerprint density at radius 1 is 0.500 bits per heavy atom. The molecule has 0 N–H and O–H groups in total. The Morgan fingerprint density at radius 2 is 0.821 bits per heavy atom. The van der Waals surface area contributed by atoms with E-state index < -0.39 is 0 Å². The van der Waals surface area contributed by atoms with Crippen molar-refractivity contribution in [3.05, 3.63) is 45.3 Å². The summed E-state index contributed by atoms with van der Waals surface area (Å²) < 4.78 is 11.4. The van der Waals surface area contributed by atoms with Gasteiger partial charge in [-0.3, -0.25) is 0 Å². The van der Waals surface area contributed by atoms with Gasteiger partial charge in [0.25, 0.3) is 0 Å². The molecule has 5 heterocycles. The van der Waals surface area contributed by atoms with Crippen molar-refractivity contribution >= 4 is 118 Å². The number of hydrogen-bond donors (Lipinski definition) is 0. The van der Waals surface area contributed by atoms with Crippen molar-refractivity contribution in [2.45, 2.75) is 23.9 Å². The zero-order valence-corrected chi connectivity index (χ0v) is 23.1. The minimum absolute atomic E-state index is 1.03. The molecule has 0 amide bonds. The molecule has 5 rings (SSSR count). The van der Waals surface area contributed by atoms with E-state index in [1.807, 2.05) is 108 Å². The quantitative estimate of drug-likeness (QED) is 0.350. The van der Waals surface area contributed by atoms with Crippen molar-refractivity contribution in [2.75, 3.05) is 12.5 Å². The summed E-state index contributed by atoms with van der Waals surface area (Å²) in [6.45, 7) is 4.07. The highest BCUT2D eigenvalue weighted by molar-refractivity contribution is 8.50. The van der Waals surface area contributed by atoms with Gasteiger partial charge >= 0.3 is 0 Å². The van der Waals surface area contributed by atoms with Crippen LogP contribution in [-0.4, -0.2) is 22.5 Å². The summed E-state index contributed by atoms with van der Waals surface area (Å²) >= 11 is 18.9. The third-order valence-electron chi connectivity index (χ3n) is 3.77. The predicted molar refractivity (Wildman–Crippen MR) is 144 cm³/mol. The Morgan fingerprint density at radius 3 is 1.18 bits per heavy atom. The van der Waals surface area contributed by atoms with E-state index in [1.54, 1.807) is 23.5 Å². The maximum atomic E-state index is 4.72. The molecule has 2 nitrogen and oxygen atoms in total. The Hall–Kier alpha value is 1.54. The highest BCUT2D eigenvalue weighted by atomic mass is 32.3. The molecule has 4 aliphatic heterocycles. The predicted octanol–water partition coefficient (Wildman–Crippen LogP) is 8.96. The summed E-state index contributed by atoms with van der Waals surface area (Å²) in [6, 6.07) is 0. The van der Waals surface area contributed by atoms with Gasteiger partial charge in [-0.1, -0.05) is 94.1 Å². The standard InChI is InChI=1S/C16H12N2S10/c1-5-6(2)18-8-7(17-5)21-11(22-8)12-25-15-16(26-12)28-14(27-15)13-23-9(19-3)10(20-4)24-13/h1-4H3. The molecule has 0 saturated heterocycles. The van der Waals surface area contributed by atoms with E-state index in [9.17, 15) is 0 Å². The molecular weight excluding hydrogens is 541 g/mol. The topological polar surface area (TPSA) is 25.8 Å². The van der Waals surface area contributed by atoms with E-state index in [0.29, 0.717) is 0 Å². The van der Waals surface area contributed by atoms with Gasteiger partial charge in [-0.25, -0.2) is 9.97 Å². The fourth-order valence-electron chi connectivity index (χ4n) is 2.33. The third-order valence-corrected chi connectivity index (χ3v) is 18.0. The second-order valence-corrected chi connectivity index (χ2v) is 17.4. The van der Waals surface area contributed by atoms with Crippen LogP contribution in [0.1, 0.15) is 11.4 Å². The van der Waals surface area contributed by atoms with Gasteiger partial charge in [0.15, 0.2) is 0 Å². The summed E-state index contributed by atoms with van der Waals surface area (Å²) in [5.74, 6) is 0. The van der Waals surface area contributed by atoms with Crippen LogP contribution in [0.25, 0.3) is 0 Å². The zero-order chi connectivity index (χ0) is 19.4. The highest BCUT2D eigenvalue weighted by Gasteiger charge is 2.37. The summed E-state index contributed by atoms with van der Waals surface area (Å²) in [5, 5.41) is 2.12. The summed E-state index contributed by atoms with van der Waals surface area (Å²) in [7, 11) is 0. The van der Waals surface area contributed by atoms with Crippen LogP contribution >= 0.6 is 118 Å². The molecule has 0 bridgehead atoms. The van der Waals surface area contributed by atoms with Crippen molar-refractivity contribution in [1.29, 1.82) is 0 Å². The molecule has 0 fully saturated rings. The lowest BCUT2D eigenvalue weighted by molar-refractivity contribution is 0.863. The first-order chi connectivity index (χ1) is 13.6. The fourth-order valence-corrected chi connectivity index (χ4v) is 16.7. The largest absolute Gasteiger partial charge is 0.242 e. The van der Waals surface area contributed by atoms with Crippen molar-refractivity contribution in [3.8, 4) is 0 Å². The van der Waals surface area contributed by atoms with Gasteiger partial charge in [-0.2, -0.15) is 0 Å². The zero-order valence-electron chi connectivity index (χ0n) is 15.0. The molecule has 4 aliphatic rings. The third kappa shape index (κ3) is 4.01. The first kappa shape index (κ1) is 21.4. The fraction of sp³-hybridized carbons (Fsp3) is 0.250. The smallest absolute Gasteiger partial charge is 0.134 e. The maximum absolute atomic E-state index is 4.72. The lowest BCUT2D eigenvalue weighted by atomic mass is 10.4. The molecule has 0 radical (unpaired) electrons. The van der Waals surface area contributed by atoms with Crippen LogP contribution in [0.5, 0.6) is 0 Å². The van der Waals surface area contributed by atoms with E-state index in [2.05, 4.69) is 12.5 Å². The van der Waals surface area contributed by atoms with Gasteiger partial charge in [0.2, 0.25) is 0 Å². The average Bonchev–Trinajstić information content (AvgIpc) is 3.41. The van der Waals surface area contributed by atoms with Gasteiger partial charge in [-0.15, -0.1) is 23.5 Å². The number of fused-ring (bicyclic) bond motifs is 1. The van der Waals surface area contributed by atoms with Crippen molar-refractivity contribution in [3.63, 3.8) is 0 Å². The minimum atomic E-state index is 1.03. The SMILES string of the molecule is CSC1=C(SC)SC(=C2SC3=C(S2)SC(=C2Sc4nc(C)c(C)nc4S2)S3)S1. The van der Waals surface area contributed by atoms with Gasteiger partial charge in [0, 0.05) is 0 Å². The van der Waals surface area contributed by atoms with Crippen LogP contribution in [-0.2, 0) is 0 Å². The van der Waals surface area contributed by atoms with E-state index in [-0.39, 0.29) is 0 Å². The van der Waals surface area contributed by atoms with Crippen molar-refractivity contribution in [1.82, 2.24) is 9.97 Å². The van der Waals surface area contributed by atoms with Crippen LogP contribution < -0.4 is 0 Å². The van der Waals surface area contributed by atoms with Gasteiger partial charge in [0.05, 0.1) is 45.3 Å². The lowest BCUT2D eigenvalue weighted by Gasteiger charge is -2.06. The molecule has 0 saturated carbocycles. The highest BCUT2D eigenvalue weighted by Crippen LogP contribution is 2.72. The molecule has 0 aliphatic carbocycles.